The molecule has 8 nitrogen and oxygen atoms in total. The van der Waals surface area contributed by atoms with Crippen LogP contribution in [0.25, 0.3) is 10.1 Å². The van der Waals surface area contributed by atoms with Gasteiger partial charge in [-0.1, -0.05) is 30.1 Å². The summed E-state index contributed by atoms with van der Waals surface area (Å²) in [6.07, 6.45) is 0. The summed E-state index contributed by atoms with van der Waals surface area (Å²) >= 11 is 13.6. The van der Waals surface area contributed by atoms with Crippen molar-refractivity contribution >= 4 is 68.2 Å². The van der Waals surface area contributed by atoms with E-state index >= 15 is 0 Å². The maximum absolute atomic E-state index is 14.1. The van der Waals surface area contributed by atoms with Crippen molar-refractivity contribution in [1.82, 2.24) is 19.2 Å². The van der Waals surface area contributed by atoms with Gasteiger partial charge in [0.05, 0.1) is 16.9 Å². The van der Waals surface area contributed by atoms with Crippen molar-refractivity contribution in [2.75, 3.05) is 12.4 Å². The van der Waals surface area contributed by atoms with Gasteiger partial charge >= 0.3 is 0 Å². The quantitative estimate of drug-likeness (QED) is 0.327. The van der Waals surface area contributed by atoms with Gasteiger partial charge in [0.25, 0.3) is 11.8 Å². The Balaban J connectivity index is 1.87. The average molecular weight is 548 g/mol. The van der Waals surface area contributed by atoms with Crippen LogP contribution in [0.15, 0.2) is 36.4 Å². The molecular weight excluding hydrogens is 528 g/mol. The number of carbonyl (C=O) groups is 3. The molecule has 36 heavy (non-hydrogen) atoms. The van der Waals surface area contributed by atoms with Gasteiger partial charge < -0.3 is 15.2 Å². The van der Waals surface area contributed by atoms with Crippen LogP contribution < -0.4 is 10.6 Å². The Labute approximate surface area is 219 Å². The number of nitrogens with one attached hydrogen (secondary N) is 2. The highest BCUT2D eigenvalue weighted by Gasteiger charge is 2.29. The van der Waals surface area contributed by atoms with Crippen LogP contribution in [-0.4, -0.2) is 38.6 Å². The first-order valence-corrected chi connectivity index (χ1v) is 12.3. The van der Waals surface area contributed by atoms with E-state index in [-0.39, 0.29) is 34.7 Å². The number of fused-ring (bicyclic) bond motifs is 1. The van der Waals surface area contributed by atoms with Gasteiger partial charge in [-0.3, -0.25) is 14.4 Å². The highest BCUT2D eigenvalue weighted by Crippen LogP contribution is 2.36. The van der Waals surface area contributed by atoms with Gasteiger partial charge in [0.2, 0.25) is 5.82 Å². The molecular formula is C24H20Cl2FN5O3S. The lowest BCUT2D eigenvalue weighted by atomic mass is 9.96. The molecule has 4 rings (SSSR count). The van der Waals surface area contributed by atoms with Gasteiger partial charge in [0.15, 0.2) is 5.82 Å². The second kappa shape index (κ2) is 10.3. The first kappa shape index (κ1) is 25.7. The molecule has 0 fully saturated rings. The maximum Gasteiger partial charge on any atom is 0.287 e. The van der Waals surface area contributed by atoms with Crippen molar-refractivity contribution in [2.24, 2.45) is 0 Å². The lowest BCUT2D eigenvalue weighted by Gasteiger charge is -2.19. The number of hydrogen-bond donors (Lipinski definition) is 2. The van der Waals surface area contributed by atoms with Gasteiger partial charge in [-0.2, -0.15) is 4.37 Å². The zero-order valence-corrected chi connectivity index (χ0v) is 21.7. The van der Waals surface area contributed by atoms with Crippen LogP contribution in [0.5, 0.6) is 0 Å². The monoisotopic (exact) mass is 547 g/mol. The summed E-state index contributed by atoms with van der Waals surface area (Å²) < 4.78 is 20.5. The molecule has 186 valence electrons. The Bertz CT molecular complexity index is 1520. The fraction of sp³-hybridized carbons (Fsp3) is 0.208. The van der Waals surface area contributed by atoms with E-state index < -0.39 is 23.5 Å². The minimum atomic E-state index is -0.657. The van der Waals surface area contributed by atoms with E-state index in [1.807, 2.05) is 0 Å². The molecule has 2 aromatic carbocycles. The number of nitrogens with zero attached hydrogens (tertiary/aromatic N) is 3. The van der Waals surface area contributed by atoms with Crippen molar-refractivity contribution in [1.29, 1.82) is 0 Å². The molecule has 0 aliphatic carbocycles. The predicted molar refractivity (Wildman–Crippen MR) is 138 cm³/mol. The standard InChI is InChI=1S/C24H20Cl2FN5O3S/c1-11(33)10-32-20(12(2)15-9-14(27)5-6-17(15)26)21(29-22(32)24(35)28-3)30-23(34)19-16-8-13(25)4-7-18(16)36-31-19/h4-9,12H,10H2,1-3H3,(H,28,35)(H,30,34)/t12-/m1/s1. The third kappa shape index (κ3) is 4.97. The highest BCUT2D eigenvalue weighted by molar-refractivity contribution is 7.13. The summed E-state index contributed by atoms with van der Waals surface area (Å²) in [7, 11) is 1.42. The maximum atomic E-state index is 14.1. The summed E-state index contributed by atoms with van der Waals surface area (Å²) in [5, 5.41) is 6.49. The molecule has 0 aliphatic rings. The molecule has 2 amide bonds. The summed E-state index contributed by atoms with van der Waals surface area (Å²) in [6, 6.07) is 9.00. The van der Waals surface area contributed by atoms with Crippen molar-refractivity contribution in [3.05, 3.63) is 75.0 Å². The number of imidazole rings is 1. The van der Waals surface area contributed by atoms with Gasteiger partial charge in [0.1, 0.15) is 17.3 Å². The molecule has 0 aliphatic heterocycles. The SMILES string of the molecule is CNC(=O)c1nc(NC(=O)c2nsc3ccc(Cl)cc23)c([C@H](C)c2cc(F)ccc2Cl)n1CC(C)=O. The molecule has 2 aromatic heterocycles. The zero-order valence-electron chi connectivity index (χ0n) is 19.4. The van der Waals surface area contributed by atoms with Crippen LogP contribution in [0.3, 0.4) is 0 Å². The van der Waals surface area contributed by atoms with Crippen molar-refractivity contribution in [3.63, 3.8) is 0 Å². The van der Waals surface area contributed by atoms with Crippen molar-refractivity contribution < 1.29 is 18.8 Å². The fourth-order valence-electron chi connectivity index (χ4n) is 3.90. The van der Waals surface area contributed by atoms with E-state index in [0.717, 1.165) is 16.2 Å². The summed E-state index contributed by atoms with van der Waals surface area (Å²) in [5.74, 6) is -2.65. The molecule has 0 unspecified atom stereocenters. The van der Waals surface area contributed by atoms with Crippen LogP contribution in [0.2, 0.25) is 10.0 Å². The topological polar surface area (TPSA) is 106 Å². The predicted octanol–water partition coefficient (Wildman–Crippen LogP) is 5.29. The number of anilines is 1. The van der Waals surface area contributed by atoms with Crippen LogP contribution in [-0.2, 0) is 11.3 Å². The Morgan fingerprint density at radius 3 is 2.58 bits per heavy atom. The molecule has 2 heterocycles. The van der Waals surface area contributed by atoms with Gasteiger partial charge in [-0.25, -0.2) is 9.37 Å². The Morgan fingerprint density at radius 2 is 1.89 bits per heavy atom. The average Bonchev–Trinajstić information content (AvgIpc) is 3.40. The van der Waals surface area contributed by atoms with Crippen molar-refractivity contribution in [3.8, 4) is 0 Å². The van der Waals surface area contributed by atoms with Crippen LogP contribution in [0, 0.1) is 5.82 Å². The first-order chi connectivity index (χ1) is 17.1. The van der Waals surface area contributed by atoms with E-state index in [9.17, 15) is 18.8 Å². The Hall–Kier alpha value is -3.34. The van der Waals surface area contributed by atoms with Crippen LogP contribution in [0.1, 0.15) is 52.1 Å². The fourth-order valence-corrected chi connectivity index (χ4v) is 5.11. The molecule has 0 saturated heterocycles. The zero-order chi connectivity index (χ0) is 26.1. The number of halogens is 3. The second-order valence-electron chi connectivity index (χ2n) is 8.05. The van der Waals surface area contributed by atoms with Crippen LogP contribution in [0.4, 0.5) is 10.2 Å². The number of aromatic nitrogens is 3. The van der Waals surface area contributed by atoms with Crippen molar-refractivity contribution in [2.45, 2.75) is 26.3 Å². The first-order valence-electron chi connectivity index (χ1n) is 10.7. The van der Waals surface area contributed by atoms with Gasteiger partial charge in [-0.05, 0) is 60.4 Å². The third-order valence-corrected chi connectivity index (χ3v) is 6.94. The lowest BCUT2D eigenvalue weighted by Crippen LogP contribution is -2.25. The summed E-state index contributed by atoms with van der Waals surface area (Å²) in [4.78, 5) is 42.5. The van der Waals surface area contributed by atoms with Crippen LogP contribution >= 0.6 is 34.7 Å². The number of benzene rings is 2. The highest BCUT2D eigenvalue weighted by atomic mass is 35.5. The number of hydrogen-bond acceptors (Lipinski definition) is 6. The number of Topliss-reactive ketones (excluding diaryl/α,β-unsaturated/α-hetero) is 1. The molecule has 2 N–H and O–H groups in total. The summed E-state index contributed by atoms with van der Waals surface area (Å²) in [6.45, 7) is 2.88. The van der Waals surface area contributed by atoms with E-state index in [0.29, 0.717) is 21.7 Å². The minimum Gasteiger partial charge on any atom is -0.352 e. The van der Waals surface area contributed by atoms with Gasteiger partial charge in [0, 0.05) is 28.4 Å². The molecule has 0 spiro atoms. The van der Waals surface area contributed by atoms with E-state index in [4.69, 9.17) is 23.2 Å². The molecule has 1 atom stereocenters. The second-order valence-corrected chi connectivity index (χ2v) is 9.70. The number of ketones is 1. The number of rotatable bonds is 7. The summed E-state index contributed by atoms with van der Waals surface area (Å²) in [5.41, 5.74) is 0.830. The van der Waals surface area contributed by atoms with E-state index in [2.05, 4.69) is 20.0 Å². The number of amides is 2. The van der Waals surface area contributed by atoms with E-state index in [1.165, 1.54) is 36.7 Å². The lowest BCUT2D eigenvalue weighted by molar-refractivity contribution is -0.117. The normalized spacial score (nSPS) is 11.9. The molecule has 0 radical (unpaired) electrons. The molecule has 4 aromatic rings. The third-order valence-electron chi connectivity index (χ3n) is 5.53. The largest absolute Gasteiger partial charge is 0.352 e. The van der Waals surface area contributed by atoms with Gasteiger partial charge in [-0.15, -0.1) is 0 Å². The van der Waals surface area contributed by atoms with E-state index in [1.54, 1.807) is 25.1 Å². The number of carbonyl (C=O) groups excluding carboxylic acids is 3. The molecule has 0 bridgehead atoms. The Kier molecular flexibility index (Phi) is 7.39. The molecule has 12 heteroatoms. The molecule has 0 saturated carbocycles. The smallest absolute Gasteiger partial charge is 0.287 e. The minimum absolute atomic E-state index is 0.0239. The Morgan fingerprint density at radius 1 is 1.14 bits per heavy atom.